The van der Waals surface area contributed by atoms with Gasteiger partial charge in [-0.1, -0.05) is 27.7 Å². The molecule has 0 spiro atoms. The molecule has 5 heteroatoms. The molecule has 0 unspecified atom stereocenters. The molecule has 0 saturated carbocycles. The highest BCUT2D eigenvalue weighted by Gasteiger charge is 2.13. The highest BCUT2D eigenvalue weighted by atomic mass is 127. The van der Waals surface area contributed by atoms with E-state index in [1.807, 2.05) is 27.7 Å². The van der Waals surface area contributed by atoms with Crippen molar-refractivity contribution in [3.63, 3.8) is 0 Å². The van der Waals surface area contributed by atoms with E-state index in [9.17, 15) is 0 Å². The van der Waals surface area contributed by atoms with Gasteiger partial charge in [-0.15, -0.1) is 0 Å². The summed E-state index contributed by atoms with van der Waals surface area (Å²) in [5.74, 6) is 0.891. The molecule has 0 amide bonds. The average molecular weight is 458 g/mol. The summed E-state index contributed by atoms with van der Waals surface area (Å²) in [7, 11) is 3.38. The van der Waals surface area contributed by atoms with Crippen molar-refractivity contribution >= 4 is 52.3 Å². The molecule has 0 N–H and O–H groups in total. The topological polar surface area (TPSA) is 12.5 Å². The fourth-order valence-electron chi connectivity index (χ4n) is 1.49. The van der Waals surface area contributed by atoms with Crippen molar-refractivity contribution in [1.29, 1.82) is 0 Å². The van der Waals surface area contributed by atoms with Gasteiger partial charge in [-0.05, 0) is 45.3 Å². The van der Waals surface area contributed by atoms with Crippen molar-refractivity contribution in [2.75, 3.05) is 7.11 Å². The molecule has 0 atom stereocenters. The standard InChI is InChI=1S/C10H9BrINOS.2C2H6/c1-14-10-5-8-6-13(15-12)3-2-7(8)4-9(10)11;2*1-2/h2-5H,6H2,1H3;2*1-2H3. The predicted octanol–water partition coefficient (Wildman–Crippen LogP) is 6.29. The molecular formula is C14H21BrINOS. The predicted molar refractivity (Wildman–Crippen MR) is 99.6 cm³/mol. The molecule has 0 fully saturated rings. The first kappa shape index (κ1) is 19.1. The van der Waals surface area contributed by atoms with Gasteiger partial charge in [0.1, 0.15) is 5.75 Å². The van der Waals surface area contributed by atoms with Crippen molar-refractivity contribution in [3.05, 3.63) is 33.9 Å². The van der Waals surface area contributed by atoms with Crippen molar-refractivity contribution in [2.24, 2.45) is 0 Å². The summed E-state index contributed by atoms with van der Waals surface area (Å²) in [4.78, 5) is 0. The van der Waals surface area contributed by atoms with Crippen molar-refractivity contribution in [1.82, 2.24) is 4.31 Å². The lowest BCUT2D eigenvalue weighted by Gasteiger charge is -2.22. The zero-order valence-electron chi connectivity index (χ0n) is 12.0. The Hall–Kier alpha value is 0.120. The fraction of sp³-hybridized carbons (Fsp3) is 0.429. The second-order valence-corrected chi connectivity index (χ2v) is 5.79. The average Bonchev–Trinajstić information content (AvgIpc) is 2.50. The van der Waals surface area contributed by atoms with Gasteiger partial charge in [0.05, 0.1) is 18.1 Å². The highest BCUT2D eigenvalue weighted by molar-refractivity contribution is 14.2. The Morgan fingerprint density at radius 3 is 2.42 bits per heavy atom. The van der Waals surface area contributed by atoms with Gasteiger partial charge in [0.2, 0.25) is 0 Å². The second-order valence-electron chi connectivity index (χ2n) is 3.15. The number of nitrogens with zero attached hydrogens (tertiary/aromatic N) is 1. The van der Waals surface area contributed by atoms with Crippen LogP contribution in [0, 0.1) is 0 Å². The van der Waals surface area contributed by atoms with E-state index in [4.69, 9.17) is 4.74 Å². The smallest absolute Gasteiger partial charge is 0.133 e. The van der Waals surface area contributed by atoms with Crippen LogP contribution >= 0.6 is 46.3 Å². The van der Waals surface area contributed by atoms with Gasteiger partial charge in [-0.3, -0.25) is 0 Å². The zero-order chi connectivity index (χ0) is 14.8. The molecule has 1 heterocycles. The van der Waals surface area contributed by atoms with Crippen molar-refractivity contribution in [2.45, 2.75) is 34.2 Å². The molecule has 0 saturated heterocycles. The Morgan fingerprint density at radius 1 is 1.26 bits per heavy atom. The Kier molecular flexibility index (Phi) is 10.9. The maximum atomic E-state index is 5.28. The molecule has 2 rings (SSSR count). The highest BCUT2D eigenvalue weighted by Crippen LogP contribution is 2.34. The molecule has 2 nitrogen and oxygen atoms in total. The third-order valence-corrected chi connectivity index (χ3v) is 4.81. The first-order valence-corrected chi connectivity index (χ1v) is 10.5. The zero-order valence-corrected chi connectivity index (χ0v) is 16.6. The molecule has 0 aromatic heterocycles. The summed E-state index contributed by atoms with van der Waals surface area (Å²) in [5.41, 5.74) is 2.55. The van der Waals surface area contributed by atoms with Gasteiger partial charge in [0.15, 0.2) is 0 Å². The molecule has 0 aliphatic carbocycles. The van der Waals surface area contributed by atoms with Crippen molar-refractivity contribution < 1.29 is 4.74 Å². The molecule has 19 heavy (non-hydrogen) atoms. The summed E-state index contributed by atoms with van der Waals surface area (Å²) in [6.07, 6.45) is 4.22. The minimum atomic E-state index is 0.891. The first-order valence-electron chi connectivity index (χ1n) is 6.34. The molecular weight excluding hydrogens is 437 g/mol. The summed E-state index contributed by atoms with van der Waals surface area (Å²) in [6, 6.07) is 4.18. The van der Waals surface area contributed by atoms with Gasteiger partial charge in [-0.2, -0.15) is 0 Å². The summed E-state index contributed by atoms with van der Waals surface area (Å²) in [6.45, 7) is 8.92. The Morgan fingerprint density at radius 2 is 1.89 bits per heavy atom. The molecule has 1 aromatic rings. The molecule has 108 valence electrons. The van der Waals surface area contributed by atoms with Crippen molar-refractivity contribution in [3.8, 4) is 5.75 Å². The number of hydrogen-bond donors (Lipinski definition) is 0. The van der Waals surface area contributed by atoms with Crippen LogP contribution < -0.4 is 4.74 Å². The quantitative estimate of drug-likeness (QED) is 0.382. The minimum Gasteiger partial charge on any atom is -0.496 e. The van der Waals surface area contributed by atoms with Gasteiger partial charge < -0.3 is 9.04 Å². The number of fused-ring (bicyclic) bond motifs is 1. The summed E-state index contributed by atoms with van der Waals surface area (Å²) >= 11 is 5.77. The number of rotatable bonds is 2. The molecule has 0 radical (unpaired) electrons. The van der Waals surface area contributed by atoms with E-state index in [0.717, 1.165) is 16.8 Å². The molecule has 1 aliphatic heterocycles. The largest absolute Gasteiger partial charge is 0.496 e. The third-order valence-electron chi connectivity index (χ3n) is 2.25. The van der Waals surface area contributed by atoms with Crippen LogP contribution in [-0.4, -0.2) is 11.4 Å². The van der Waals surface area contributed by atoms with E-state index in [2.05, 4.69) is 65.8 Å². The fourth-order valence-corrected chi connectivity index (χ4v) is 3.12. The number of hydrogen-bond acceptors (Lipinski definition) is 3. The van der Waals surface area contributed by atoms with E-state index in [1.54, 1.807) is 16.2 Å². The van der Waals surface area contributed by atoms with E-state index in [1.165, 1.54) is 11.1 Å². The second kappa shape index (κ2) is 10.9. The van der Waals surface area contributed by atoms with Crippen LogP contribution in [0.15, 0.2) is 22.8 Å². The lowest BCUT2D eigenvalue weighted by Crippen LogP contribution is -2.10. The number of methoxy groups -OCH3 is 1. The maximum Gasteiger partial charge on any atom is 0.133 e. The van der Waals surface area contributed by atoms with Gasteiger partial charge in [0.25, 0.3) is 0 Å². The normalized spacial score (nSPS) is 11.6. The van der Waals surface area contributed by atoms with E-state index in [-0.39, 0.29) is 0 Å². The molecule has 1 aliphatic rings. The van der Waals surface area contributed by atoms with Crippen LogP contribution in [-0.2, 0) is 6.54 Å². The van der Waals surface area contributed by atoms with Crippen LogP contribution in [0.5, 0.6) is 5.75 Å². The third kappa shape index (κ3) is 5.55. The Balaban J connectivity index is 0.000000741. The summed E-state index contributed by atoms with van der Waals surface area (Å²) < 4.78 is 8.46. The number of ether oxygens (including phenoxy) is 1. The van der Waals surface area contributed by atoms with Crippen LogP contribution in [0.1, 0.15) is 38.8 Å². The molecule has 0 bridgehead atoms. The van der Waals surface area contributed by atoms with Crippen LogP contribution in [0.2, 0.25) is 0 Å². The van der Waals surface area contributed by atoms with Gasteiger partial charge in [-0.25, -0.2) is 0 Å². The van der Waals surface area contributed by atoms with Crippen LogP contribution in [0.3, 0.4) is 0 Å². The monoisotopic (exact) mass is 457 g/mol. The number of benzene rings is 1. The first-order chi connectivity index (χ1) is 9.24. The van der Waals surface area contributed by atoms with E-state index >= 15 is 0 Å². The van der Waals surface area contributed by atoms with Crippen LogP contribution in [0.4, 0.5) is 0 Å². The lowest BCUT2D eigenvalue weighted by atomic mass is 10.1. The minimum absolute atomic E-state index is 0.891. The number of halogens is 2. The van der Waals surface area contributed by atoms with E-state index < -0.39 is 0 Å². The van der Waals surface area contributed by atoms with E-state index in [0.29, 0.717) is 0 Å². The lowest BCUT2D eigenvalue weighted by molar-refractivity contribution is 0.411. The SMILES string of the molecule is CC.CC.COc1cc2c(cc1Br)C=CN(SI)C2. The summed E-state index contributed by atoms with van der Waals surface area (Å²) in [5, 5.41) is 0. The van der Waals surface area contributed by atoms with Crippen LogP contribution in [0.25, 0.3) is 6.08 Å². The molecule has 1 aromatic carbocycles. The Bertz CT molecular complexity index is 413. The maximum absolute atomic E-state index is 5.28. The Labute approximate surface area is 141 Å². The van der Waals surface area contributed by atoms with Gasteiger partial charge in [0, 0.05) is 36.5 Å². The van der Waals surface area contributed by atoms with Gasteiger partial charge >= 0.3 is 0 Å².